The molecule has 0 aliphatic carbocycles. The van der Waals surface area contributed by atoms with Crippen molar-refractivity contribution in [3.63, 3.8) is 0 Å². The first-order chi connectivity index (χ1) is 36.5. The normalized spacial score (nSPS) is 12.2. The zero-order valence-electron chi connectivity index (χ0n) is 49.9. The lowest BCUT2D eigenvalue weighted by molar-refractivity contribution is -0.167. The van der Waals surface area contributed by atoms with Crippen LogP contribution in [0.4, 0.5) is 0 Å². The van der Waals surface area contributed by atoms with E-state index in [0.717, 1.165) is 89.9 Å². The van der Waals surface area contributed by atoms with E-state index in [1.807, 2.05) is 0 Å². The second-order valence-electron chi connectivity index (χ2n) is 22.4. The Balaban J connectivity index is 4.06. The number of allylic oxidation sites excluding steroid dienone is 6. The summed E-state index contributed by atoms with van der Waals surface area (Å²) >= 11 is 0. The third-order valence-corrected chi connectivity index (χ3v) is 14.9. The average molecular weight is 1040 g/mol. The van der Waals surface area contributed by atoms with E-state index in [4.69, 9.17) is 14.2 Å². The summed E-state index contributed by atoms with van der Waals surface area (Å²) < 4.78 is 16.9. The highest BCUT2D eigenvalue weighted by Gasteiger charge is 2.19. The minimum atomic E-state index is -0.780. The van der Waals surface area contributed by atoms with Crippen LogP contribution >= 0.6 is 0 Å². The van der Waals surface area contributed by atoms with E-state index in [1.165, 1.54) is 231 Å². The van der Waals surface area contributed by atoms with Crippen LogP contribution in [0, 0.1) is 0 Å². The zero-order chi connectivity index (χ0) is 53.6. The van der Waals surface area contributed by atoms with Crippen LogP contribution in [0.2, 0.25) is 0 Å². The van der Waals surface area contributed by atoms with Crippen molar-refractivity contribution in [3.05, 3.63) is 36.5 Å². The number of ether oxygens (including phenoxy) is 3. The Hall–Kier alpha value is -2.37. The number of rotatable bonds is 61. The molecule has 6 heteroatoms. The number of hydrogen-bond donors (Lipinski definition) is 0. The van der Waals surface area contributed by atoms with Gasteiger partial charge >= 0.3 is 17.9 Å². The number of unbranched alkanes of at least 4 members (excludes halogenated alkanes) is 44. The molecular weight excluding hydrogens is 913 g/mol. The van der Waals surface area contributed by atoms with Crippen LogP contribution in [-0.2, 0) is 28.6 Å². The van der Waals surface area contributed by atoms with Crippen molar-refractivity contribution < 1.29 is 28.6 Å². The standard InChI is InChI=1S/C68H126O6/c1-4-7-10-13-16-19-22-24-26-27-28-29-30-31-32-33-34-35-36-37-38-39-40-41-42-44-46-49-52-55-58-61-67(70)73-64-65(63-72-66(69)60-57-54-51-48-45-21-18-15-12-9-6-3)74-68(71)62-59-56-53-50-47-43-25-23-20-17-14-11-8-5-2/h14-15,17-18,23,25,65H,4-13,16,19-22,24,26-64H2,1-3H3/b17-14-,18-15-,25-23-. The number of carbonyl (C=O) groups excluding carboxylic acids is 3. The summed E-state index contributed by atoms with van der Waals surface area (Å²) in [7, 11) is 0. The van der Waals surface area contributed by atoms with E-state index in [1.54, 1.807) is 0 Å². The van der Waals surface area contributed by atoms with Gasteiger partial charge in [-0.05, 0) is 64.2 Å². The molecule has 0 bridgehead atoms. The maximum absolute atomic E-state index is 12.8. The molecular formula is C68H126O6. The Morgan fingerprint density at radius 2 is 0.500 bits per heavy atom. The molecule has 0 aromatic carbocycles. The lowest BCUT2D eigenvalue weighted by Gasteiger charge is -2.18. The summed E-state index contributed by atoms with van der Waals surface area (Å²) in [5.41, 5.74) is 0. The molecule has 1 unspecified atom stereocenters. The first-order valence-corrected chi connectivity index (χ1v) is 33.0. The van der Waals surface area contributed by atoms with Gasteiger partial charge in [0, 0.05) is 19.3 Å². The molecule has 0 aromatic rings. The fourth-order valence-electron chi connectivity index (χ4n) is 9.86. The first kappa shape index (κ1) is 71.6. The summed E-state index contributed by atoms with van der Waals surface area (Å²) in [6.45, 7) is 6.59. The average Bonchev–Trinajstić information content (AvgIpc) is 3.40. The van der Waals surface area contributed by atoms with Crippen molar-refractivity contribution in [3.8, 4) is 0 Å². The zero-order valence-corrected chi connectivity index (χ0v) is 49.9. The van der Waals surface area contributed by atoms with Crippen molar-refractivity contribution >= 4 is 17.9 Å². The highest BCUT2D eigenvalue weighted by Crippen LogP contribution is 2.18. The number of esters is 3. The fraction of sp³-hybridized carbons (Fsp3) is 0.868. The van der Waals surface area contributed by atoms with Gasteiger partial charge in [-0.15, -0.1) is 0 Å². The van der Waals surface area contributed by atoms with E-state index in [2.05, 4.69) is 57.2 Å². The second-order valence-corrected chi connectivity index (χ2v) is 22.4. The molecule has 0 saturated heterocycles. The van der Waals surface area contributed by atoms with Crippen LogP contribution in [0.5, 0.6) is 0 Å². The highest BCUT2D eigenvalue weighted by molar-refractivity contribution is 5.71. The molecule has 0 heterocycles. The quantitative estimate of drug-likeness (QED) is 0.0261. The molecule has 0 aromatic heterocycles. The Bertz CT molecular complexity index is 1240. The highest BCUT2D eigenvalue weighted by atomic mass is 16.6. The maximum Gasteiger partial charge on any atom is 0.306 e. The van der Waals surface area contributed by atoms with Gasteiger partial charge in [0.05, 0.1) is 0 Å². The molecule has 0 aliphatic rings. The molecule has 74 heavy (non-hydrogen) atoms. The van der Waals surface area contributed by atoms with Gasteiger partial charge in [0.2, 0.25) is 0 Å². The molecule has 0 radical (unpaired) electrons. The van der Waals surface area contributed by atoms with Gasteiger partial charge in [0.1, 0.15) is 13.2 Å². The topological polar surface area (TPSA) is 78.9 Å². The largest absolute Gasteiger partial charge is 0.462 e. The summed E-state index contributed by atoms with van der Waals surface area (Å²) in [5, 5.41) is 0. The molecule has 0 aliphatic heterocycles. The van der Waals surface area contributed by atoms with Crippen molar-refractivity contribution in [1.29, 1.82) is 0 Å². The SMILES string of the molecule is CCCC/C=C\C/C=C\CCCCCCCC(=O)OC(COC(=O)CCCCCCC/C=C\CCCC)COC(=O)CCCCCCCCCCCCCCCCCCCCCCCCCCCCCCCCC. The molecule has 0 amide bonds. The number of hydrogen-bond acceptors (Lipinski definition) is 6. The van der Waals surface area contributed by atoms with Crippen molar-refractivity contribution in [2.24, 2.45) is 0 Å². The van der Waals surface area contributed by atoms with Crippen LogP contribution in [0.25, 0.3) is 0 Å². The summed E-state index contributed by atoms with van der Waals surface area (Å²) in [6, 6.07) is 0. The molecule has 6 nitrogen and oxygen atoms in total. The van der Waals surface area contributed by atoms with E-state index in [-0.39, 0.29) is 31.1 Å². The smallest absolute Gasteiger partial charge is 0.306 e. The van der Waals surface area contributed by atoms with E-state index < -0.39 is 6.10 Å². The maximum atomic E-state index is 12.8. The van der Waals surface area contributed by atoms with Crippen molar-refractivity contribution in [1.82, 2.24) is 0 Å². The molecule has 0 rings (SSSR count). The molecule has 1 atom stereocenters. The van der Waals surface area contributed by atoms with Gasteiger partial charge in [-0.2, -0.15) is 0 Å². The van der Waals surface area contributed by atoms with Crippen LogP contribution in [-0.4, -0.2) is 37.2 Å². The Morgan fingerprint density at radius 1 is 0.270 bits per heavy atom. The number of carbonyl (C=O) groups is 3. The molecule has 0 N–H and O–H groups in total. The lowest BCUT2D eigenvalue weighted by Crippen LogP contribution is -2.30. The van der Waals surface area contributed by atoms with Gasteiger partial charge < -0.3 is 14.2 Å². The van der Waals surface area contributed by atoms with E-state index in [0.29, 0.717) is 19.3 Å². The van der Waals surface area contributed by atoms with Crippen LogP contribution in [0.1, 0.15) is 361 Å². The minimum absolute atomic E-state index is 0.0770. The van der Waals surface area contributed by atoms with Crippen LogP contribution in [0.3, 0.4) is 0 Å². The Labute approximate surface area is 461 Å². The van der Waals surface area contributed by atoms with E-state index >= 15 is 0 Å². The van der Waals surface area contributed by atoms with Gasteiger partial charge in [-0.25, -0.2) is 0 Å². The van der Waals surface area contributed by atoms with Gasteiger partial charge in [0.25, 0.3) is 0 Å². The predicted molar refractivity (Wildman–Crippen MR) is 321 cm³/mol. The molecule has 0 saturated carbocycles. The van der Waals surface area contributed by atoms with Gasteiger partial charge in [-0.3, -0.25) is 14.4 Å². The van der Waals surface area contributed by atoms with Crippen LogP contribution < -0.4 is 0 Å². The molecule has 0 fully saturated rings. The monoisotopic (exact) mass is 1040 g/mol. The third-order valence-electron chi connectivity index (χ3n) is 14.9. The molecule has 0 spiro atoms. The second kappa shape index (κ2) is 63.2. The lowest BCUT2D eigenvalue weighted by atomic mass is 10.0. The van der Waals surface area contributed by atoms with Crippen molar-refractivity contribution in [2.75, 3.05) is 13.2 Å². The third kappa shape index (κ3) is 60.5. The summed E-state index contributed by atoms with van der Waals surface area (Å²) in [5.74, 6) is -0.883. The summed E-state index contributed by atoms with van der Waals surface area (Å²) in [4.78, 5) is 38.2. The van der Waals surface area contributed by atoms with Crippen LogP contribution in [0.15, 0.2) is 36.5 Å². The fourth-order valence-corrected chi connectivity index (χ4v) is 9.86. The van der Waals surface area contributed by atoms with Crippen molar-refractivity contribution in [2.45, 2.75) is 367 Å². The minimum Gasteiger partial charge on any atom is -0.462 e. The summed E-state index contributed by atoms with van der Waals surface area (Å²) in [6.07, 6.45) is 77.6. The van der Waals surface area contributed by atoms with Gasteiger partial charge in [-0.1, -0.05) is 314 Å². The van der Waals surface area contributed by atoms with E-state index in [9.17, 15) is 14.4 Å². The van der Waals surface area contributed by atoms with Gasteiger partial charge in [0.15, 0.2) is 6.10 Å². The predicted octanol–water partition coefficient (Wildman–Crippen LogP) is 22.4. The first-order valence-electron chi connectivity index (χ1n) is 33.0. The Kier molecular flexibility index (Phi) is 61.1. The Morgan fingerprint density at radius 3 is 0.797 bits per heavy atom. The molecule has 434 valence electrons.